The summed E-state index contributed by atoms with van der Waals surface area (Å²) in [7, 11) is 3.23. The number of hydrogen-bond donors (Lipinski definition) is 1. The van der Waals surface area contributed by atoms with Gasteiger partial charge in [-0.15, -0.1) is 0 Å². The number of methoxy groups -OCH3 is 1. The molecular weight excluding hydrogens is 775 g/mol. The molecule has 12 heteroatoms. The van der Waals surface area contributed by atoms with E-state index in [4.69, 9.17) is 14.5 Å². The van der Waals surface area contributed by atoms with E-state index >= 15 is 4.39 Å². The van der Waals surface area contributed by atoms with E-state index in [2.05, 4.69) is 5.32 Å². The van der Waals surface area contributed by atoms with Crippen molar-refractivity contribution in [1.29, 1.82) is 0 Å². The number of nitrogens with one attached hydrogen (secondary N) is 1. The Labute approximate surface area is 277 Å². The number of amides is 2. The van der Waals surface area contributed by atoms with Crippen molar-refractivity contribution in [2.75, 3.05) is 27.5 Å². The molecule has 3 radical (unpaired) electrons. The Morgan fingerprint density at radius 2 is 2.09 bits per heavy atom. The van der Waals surface area contributed by atoms with Gasteiger partial charge in [-0.1, -0.05) is 6.92 Å². The Morgan fingerprint density at radius 1 is 1.31 bits per heavy atom. The zero-order chi connectivity index (χ0) is 32.4. The molecule has 1 aliphatic heterocycles. The molecule has 2 amide bonds. The first kappa shape index (κ1) is 33.3. The number of halogens is 1. The fraction of sp³-hybridized carbons (Fsp3) is 0.485. The van der Waals surface area contributed by atoms with Gasteiger partial charge in [0.1, 0.15) is 12.1 Å². The zero-order valence-electron chi connectivity index (χ0n) is 26.1. The van der Waals surface area contributed by atoms with E-state index in [9.17, 15) is 19.2 Å². The predicted octanol–water partition coefficient (Wildman–Crippen LogP) is 3.61. The molecule has 2 aliphatic rings. The quantitative estimate of drug-likeness (QED) is 0.0949. The van der Waals surface area contributed by atoms with Crippen molar-refractivity contribution in [3.63, 3.8) is 0 Å². The monoisotopic (exact) mass is 813 g/mol. The minimum absolute atomic E-state index is 0.0513. The van der Waals surface area contributed by atoms with E-state index < -0.39 is 5.92 Å². The maximum absolute atomic E-state index is 15.2. The molecule has 1 aliphatic carbocycles. The van der Waals surface area contributed by atoms with Crippen LogP contribution < -0.4 is 10.9 Å². The fourth-order valence-corrected chi connectivity index (χ4v) is 7.31. The van der Waals surface area contributed by atoms with Crippen LogP contribution in [0.3, 0.4) is 0 Å². The summed E-state index contributed by atoms with van der Waals surface area (Å²) in [6.07, 6.45) is 3.76. The third kappa shape index (κ3) is 6.22. The standard InChI is InChI=1S/C33H38FN4O6.Pb/c1-6-8-28(40)35-17-44-16-29(41)37(4)26-10-9-20-18(3)24(34)12-25-30(20)31(26)22-13-38-27(32(22)36-25)11-21(19(7-2)14-39)23(15-43-5)33(38)42;/h11-12,14,19,26H,1,6-10,13,15-17H2,2-5H3,(H,35,40);. The molecule has 0 saturated heterocycles. The van der Waals surface area contributed by atoms with Crippen LogP contribution in [0.25, 0.3) is 22.3 Å². The molecule has 45 heavy (non-hydrogen) atoms. The number of carbonyl (C=O) groups excluding carboxylic acids is 3. The average molecular weight is 813 g/mol. The van der Waals surface area contributed by atoms with Gasteiger partial charge >= 0.3 is 117 Å². The number of aldehydes is 1. The average Bonchev–Trinajstić information content (AvgIpc) is 3.41. The molecule has 10 nitrogen and oxygen atoms in total. The van der Waals surface area contributed by atoms with Gasteiger partial charge in [-0.3, -0.25) is 4.79 Å². The summed E-state index contributed by atoms with van der Waals surface area (Å²) in [5, 5.41) is 3.51. The second-order valence-electron chi connectivity index (χ2n) is 11.7. The van der Waals surface area contributed by atoms with Crippen LogP contribution in [0.15, 0.2) is 16.9 Å². The minimum atomic E-state index is -0.488. The summed E-state index contributed by atoms with van der Waals surface area (Å²) in [5.74, 6) is -1.20. The van der Waals surface area contributed by atoms with Crippen molar-refractivity contribution in [3.05, 3.63) is 61.7 Å². The van der Waals surface area contributed by atoms with Crippen LogP contribution in [-0.2, 0) is 43.4 Å². The van der Waals surface area contributed by atoms with Gasteiger partial charge in [0.2, 0.25) is 0 Å². The van der Waals surface area contributed by atoms with Crippen molar-refractivity contribution in [2.45, 2.75) is 75.0 Å². The second kappa shape index (κ2) is 14.2. The minimum Gasteiger partial charge on any atom is -0.0245 e. The molecule has 0 spiro atoms. The molecule has 2 unspecified atom stereocenters. The number of hydrogen-bond acceptors (Lipinski definition) is 7. The summed E-state index contributed by atoms with van der Waals surface area (Å²) in [5.41, 5.74) is 5.43. The van der Waals surface area contributed by atoms with Gasteiger partial charge in [-0.25, -0.2) is 9.37 Å². The Bertz CT molecular complexity index is 1720. The number of aromatic nitrogens is 2. The van der Waals surface area contributed by atoms with Crippen LogP contribution in [-0.4, -0.2) is 85.8 Å². The smallest absolute Gasteiger partial charge is 0.0245 e. The van der Waals surface area contributed by atoms with Crippen LogP contribution in [0.2, 0.25) is 3.98 Å². The molecule has 237 valence electrons. The molecular formula is C33H38FN4O6Pb. The van der Waals surface area contributed by atoms with Crippen molar-refractivity contribution in [1.82, 2.24) is 19.8 Å². The van der Waals surface area contributed by atoms with Crippen LogP contribution >= 0.6 is 0 Å². The molecule has 5 rings (SSSR count). The zero-order valence-corrected chi connectivity index (χ0v) is 30.0. The SMILES string of the molecule is CCC(C=O)c1cc2n(c(=O)c1COC)Cc1c-2nc2cc(F)c(C)c3c2c1C(N(C)C(=O)COCNC(=O)CC[CH2][Pb])CC3. The summed E-state index contributed by atoms with van der Waals surface area (Å²) in [6, 6.07) is 2.90. The number of pyridine rings is 2. The van der Waals surface area contributed by atoms with Crippen LogP contribution in [0.5, 0.6) is 0 Å². The third-order valence-corrected chi connectivity index (χ3v) is 10.4. The number of nitrogens with zero attached hydrogens (tertiary/aromatic N) is 3. The first-order valence-electron chi connectivity index (χ1n) is 15.3. The Balaban J connectivity index is 1.57. The van der Waals surface area contributed by atoms with E-state index in [-0.39, 0.29) is 55.7 Å². The van der Waals surface area contributed by atoms with Crippen molar-refractivity contribution in [2.24, 2.45) is 0 Å². The molecule has 0 fully saturated rings. The molecule has 0 saturated carbocycles. The van der Waals surface area contributed by atoms with Crippen LogP contribution in [0, 0.1) is 12.7 Å². The fourth-order valence-electron chi connectivity index (χ4n) is 6.62. The van der Waals surface area contributed by atoms with E-state index in [0.717, 1.165) is 64.5 Å². The molecule has 2 aromatic heterocycles. The first-order valence-corrected chi connectivity index (χ1v) is 18.0. The Morgan fingerprint density at radius 3 is 2.78 bits per heavy atom. The van der Waals surface area contributed by atoms with Gasteiger partial charge in [-0.05, 0) is 42.5 Å². The van der Waals surface area contributed by atoms with E-state index in [0.29, 0.717) is 59.3 Å². The van der Waals surface area contributed by atoms with Gasteiger partial charge in [0.15, 0.2) is 0 Å². The Hall–Kier alpha value is -3.04. The number of likely N-dealkylation sites (N-methyl/N-ethyl adjacent to an activating group) is 1. The summed E-state index contributed by atoms with van der Waals surface area (Å²) in [6.45, 7) is 3.67. The summed E-state index contributed by atoms with van der Waals surface area (Å²) >= 11 is 1.05. The first-order chi connectivity index (χ1) is 21.7. The van der Waals surface area contributed by atoms with Gasteiger partial charge < -0.3 is 14.1 Å². The van der Waals surface area contributed by atoms with Crippen LogP contribution in [0.1, 0.15) is 77.9 Å². The molecule has 0 bridgehead atoms. The number of rotatable bonds is 13. The number of fused-ring (bicyclic) bond motifs is 4. The van der Waals surface area contributed by atoms with E-state index in [1.165, 1.54) is 13.2 Å². The van der Waals surface area contributed by atoms with Gasteiger partial charge in [0.05, 0.1) is 30.1 Å². The summed E-state index contributed by atoms with van der Waals surface area (Å²) in [4.78, 5) is 57.8. The van der Waals surface area contributed by atoms with Crippen molar-refractivity contribution < 1.29 is 28.2 Å². The number of benzene rings is 1. The molecule has 1 N–H and O–H groups in total. The van der Waals surface area contributed by atoms with Gasteiger partial charge in [0, 0.05) is 35.6 Å². The molecule has 2 atom stereocenters. The number of aryl methyl sites for hydroxylation is 1. The van der Waals surface area contributed by atoms with Gasteiger partial charge in [0.25, 0.3) is 5.56 Å². The topological polar surface area (TPSA) is 120 Å². The molecule has 3 aromatic rings. The van der Waals surface area contributed by atoms with E-state index in [1.807, 2.05) is 13.0 Å². The maximum atomic E-state index is 15.2. The summed E-state index contributed by atoms with van der Waals surface area (Å²) < 4.78 is 28.8. The normalized spacial score (nSPS) is 15.5. The number of ether oxygens (including phenoxy) is 2. The Kier molecular flexibility index (Phi) is 10.5. The van der Waals surface area contributed by atoms with Crippen molar-refractivity contribution >= 4 is 54.8 Å². The van der Waals surface area contributed by atoms with Crippen LogP contribution in [0.4, 0.5) is 4.39 Å². The van der Waals surface area contributed by atoms with Gasteiger partial charge in [-0.2, -0.15) is 0 Å². The third-order valence-electron chi connectivity index (χ3n) is 9.07. The molecule has 1 aromatic carbocycles. The molecule has 3 heterocycles. The predicted molar refractivity (Wildman–Crippen MR) is 168 cm³/mol. The van der Waals surface area contributed by atoms with E-state index in [1.54, 1.807) is 23.4 Å². The van der Waals surface area contributed by atoms with Crippen molar-refractivity contribution in [3.8, 4) is 11.4 Å². The second-order valence-corrected chi connectivity index (χ2v) is 13.6. The number of carbonyl (C=O) groups is 3.